The van der Waals surface area contributed by atoms with Crippen molar-refractivity contribution in [1.29, 1.82) is 0 Å². The topological polar surface area (TPSA) is 55.4 Å². The molecule has 0 fully saturated rings. The van der Waals surface area contributed by atoms with E-state index in [1.165, 1.54) is 0 Å². The minimum atomic E-state index is -0.427. The Morgan fingerprint density at radius 2 is 1.78 bits per heavy atom. The summed E-state index contributed by atoms with van der Waals surface area (Å²) in [7, 11) is 0. The summed E-state index contributed by atoms with van der Waals surface area (Å²) in [6.45, 7) is 3.62. The molecular weight excluding hydrogens is 358 g/mol. The molecule has 0 bridgehead atoms. The Hall–Kier alpha value is -2.14. The largest absolute Gasteiger partial charge is 0.455 e. The predicted molar refractivity (Wildman–Crippen MR) is 93.4 cm³/mol. The highest BCUT2D eigenvalue weighted by molar-refractivity contribution is 9.10. The molecule has 1 amide bonds. The molecule has 4 nitrogen and oxygen atoms in total. The number of ether oxygens (including phenoxy) is 1. The van der Waals surface area contributed by atoms with Gasteiger partial charge in [-0.15, -0.1) is 0 Å². The molecule has 120 valence electrons. The molecule has 23 heavy (non-hydrogen) atoms. The van der Waals surface area contributed by atoms with E-state index in [2.05, 4.69) is 21.2 Å². The van der Waals surface area contributed by atoms with Crippen molar-refractivity contribution < 1.29 is 14.3 Å². The SMILES string of the molecule is Cc1cccc(NC(=O)COC(=O)Cc2ccc(Br)cc2)c1C. The second-order valence-corrected chi connectivity index (χ2v) is 6.18. The highest BCUT2D eigenvalue weighted by atomic mass is 79.9. The molecule has 2 aromatic rings. The number of hydrogen-bond acceptors (Lipinski definition) is 3. The van der Waals surface area contributed by atoms with E-state index >= 15 is 0 Å². The van der Waals surface area contributed by atoms with Crippen LogP contribution < -0.4 is 5.32 Å². The van der Waals surface area contributed by atoms with Crippen LogP contribution in [0.2, 0.25) is 0 Å². The van der Waals surface area contributed by atoms with Gasteiger partial charge in [-0.1, -0.05) is 40.2 Å². The lowest BCUT2D eigenvalue weighted by atomic mass is 10.1. The number of carbonyl (C=O) groups is 2. The van der Waals surface area contributed by atoms with Crippen LogP contribution in [0, 0.1) is 13.8 Å². The molecule has 2 aromatic carbocycles. The maximum atomic E-state index is 11.9. The molecule has 0 heterocycles. The third-order valence-corrected chi connectivity index (χ3v) is 4.03. The fraction of sp³-hybridized carbons (Fsp3) is 0.222. The number of halogens is 1. The standard InChI is InChI=1S/C18H18BrNO3/c1-12-4-3-5-16(13(12)2)20-17(21)11-23-18(22)10-14-6-8-15(19)9-7-14/h3-9H,10-11H2,1-2H3,(H,20,21). The Morgan fingerprint density at radius 1 is 1.09 bits per heavy atom. The number of aryl methyl sites for hydroxylation is 1. The van der Waals surface area contributed by atoms with E-state index in [0.717, 1.165) is 26.9 Å². The van der Waals surface area contributed by atoms with Crippen molar-refractivity contribution in [2.75, 3.05) is 11.9 Å². The Morgan fingerprint density at radius 3 is 2.48 bits per heavy atom. The van der Waals surface area contributed by atoms with Crippen molar-refractivity contribution in [3.8, 4) is 0 Å². The number of anilines is 1. The van der Waals surface area contributed by atoms with Crippen molar-refractivity contribution in [1.82, 2.24) is 0 Å². The average molecular weight is 376 g/mol. The van der Waals surface area contributed by atoms with Gasteiger partial charge in [0.2, 0.25) is 0 Å². The van der Waals surface area contributed by atoms with E-state index in [1.54, 1.807) is 0 Å². The van der Waals surface area contributed by atoms with E-state index in [-0.39, 0.29) is 18.9 Å². The first-order chi connectivity index (χ1) is 11.0. The van der Waals surface area contributed by atoms with Gasteiger partial charge in [0.1, 0.15) is 0 Å². The third-order valence-electron chi connectivity index (χ3n) is 3.50. The molecule has 0 radical (unpaired) electrons. The van der Waals surface area contributed by atoms with Gasteiger partial charge in [-0.2, -0.15) is 0 Å². The Bertz CT molecular complexity index is 711. The van der Waals surface area contributed by atoms with Crippen LogP contribution in [0.3, 0.4) is 0 Å². The zero-order chi connectivity index (χ0) is 16.8. The molecule has 0 saturated carbocycles. The van der Waals surface area contributed by atoms with Gasteiger partial charge >= 0.3 is 5.97 Å². The summed E-state index contributed by atoms with van der Waals surface area (Å²) in [5.41, 5.74) is 3.67. The second kappa shape index (κ2) is 7.92. The van der Waals surface area contributed by atoms with E-state index in [9.17, 15) is 9.59 Å². The summed E-state index contributed by atoms with van der Waals surface area (Å²) < 4.78 is 5.96. The van der Waals surface area contributed by atoms with Gasteiger partial charge in [-0.3, -0.25) is 9.59 Å². The molecule has 5 heteroatoms. The van der Waals surface area contributed by atoms with Crippen molar-refractivity contribution >= 4 is 33.5 Å². The summed E-state index contributed by atoms with van der Waals surface area (Å²) in [6.07, 6.45) is 0.143. The average Bonchev–Trinajstić information content (AvgIpc) is 2.52. The highest BCUT2D eigenvalue weighted by Crippen LogP contribution is 2.17. The molecule has 0 unspecified atom stereocenters. The Labute approximate surface area is 144 Å². The monoisotopic (exact) mass is 375 g/mol. The lowest BCUT2D eigenvalue weighted by molar-refractivity contribution is -0.146. The van der Waals surface area contributed by atoms with E-state index in [1.807, 2.05) is 56.3 Å². The van der Waals surface area contributed by atoms with Gasteiger partial charge in [0.15, 0.2) is 6.61 Å². The van der Waals surface area contributed by atoms with Crippen molar-refractivity contribution in [2.24, 2.45) is 0 Å². The molecule has 0 aliphatic heterocycles. The highest BCUT2D eigenvalue weighted by Gasteiger charge is 2.10. The van der Waals surface area contributed by atoms with Crippen LogP contribution in [-0.2, 0) is 20.7 Å². The van der Waals surface area contributed by atoms with Crippen LogP contribution >= 0.6 is 15.9 Å². The fourth-order valence-electron chi connectivity index (χ4n) is 2.04. The van der Waals surface area contributed by atoms with Gasteiger partial charge in [0.05, 0.1) is 6.42 Å². The zero-order valence-electron chi connectivity index (χ0n) is 13.1. The van der Waals surface area contributed by atoms with Crippen LogP contribution in [0.4, 0.5) is 5.69 Å². The summed E-state index contributed by atoms with van der Waals surface area (Å²) in [6, 6.07) is 13.1. The van der Waals surface area contributed by atoms with Crippen molar-refractivity contribution in [2.45, 2.75) is 20.3 Å². The summed E-state index contributed by atoms with van der Waals surface area (Å²) in [4.78, 5) is 23.6. The summed E-state index contributed by atoms with van der Waals surface area (Å²) in [5.74, 6) is -0.772. The van der Waals surface area contributed by atoms with Crippen molar-refractivity contribution in [3.05, 3.63) is 63.6 Å². The molecule has 0 aromatic heterocycles. The second-order valence-electron chi connectivity index (χ2n) is 5.26. The molecule has 1 N–H and O–H groups in total. The quantitative estimate of drug-likeness (QED) is 0.808. The molecular formula is C18H18BrNO3. The number of rotatable bonds is 5. The number of esters is 1. The van der Waals surface area contributed by atoms with Gasteiger partial charge in [0, 0.05) is 10.2 Å². The zero-order valence-corrected chi connectivity index (χ0v) is 14.6. The number of benzene rings is 2. The maximum Gasteiger partial charge on any atom is 0.310 e. The minimum Gasteiger partial charge on any atom is -0.455 e. The molecule has 0 atom stereocenters. The van der Waals surface area contributed by atoms with Gasteiger partial charge in [-0.25, -0.2) is 0 Å². The molecule has 0 saturated heterocycles. The van der Waals surface area contributed by atoms with Crippen LogP contribution in [0.25, 0.3) is 0 Å². The van der Waals surface area contributed by atoms with Gasteiger partial charge < -0.3 is 10.1 Å². The van der Waals surface area contributed by atoms with Crippen molar-refractivity contribution in [3.63, 3.8) is 0 Å². The Kier molecular flexibility index (Phi) is 5.93. The molecule has 0 aliphatic carbocycles. The molecule has 2 rings (SSSR count). The van der Waals surface area contributed by atoms with Crippen LogP contribution in [0.15, 0.2) is 46.9 Å². The summed E-state index contributed by atoms with van der Waals surface area (Å²) in [5, 5.41) is 2.76. The number of carbonyl (C=O) groups excluding carboxylic acids is 2. The van der Waals surface area contributed by atoms with Gasteiger partial charge in [-0.05, 0) is 48.7 Å². The molecule has 0 spiro atoms. The number of amides is 1. The first kappa shape index (κ1) is 17.2. The lowest BCUT2D eigenvalue weighted by Crippen LogP contribution is -2.22. The maximum absolute atomic E-state index is 11.9. The normalized spacial score (nSPS) is 10.2. The third kappa shape index (κ3) is 5.21. The number of nitrogens with one attached hydrogen (secondary N) is 1. The van der Waals surface area contributed by atoms with E-state index in [0.29, 0.717) is 0 Å². The van der Waals surface area contributed by atoms with E-state index < -0.39 is 5.97 Å². The van der Waals surface area contributed by atoms with Crippen LogP contribution in [0.5, 0.6) is 0 Å². The predicted octanol–water partition coefficient (Wildman–Crippen LogP) is 3.79. The van der Waals surface area contributed by atoms with Crippen LogP contribution in [0.1, 0.15) is 16.7 Å². The lowest BCUT2D eigenvalue weighted by Gasteiger charge is -2.10. The Balaban J connectivity index is 1.83. The number of hydrogen-bond donors (Lipinski definition) is 1. The van der Waals surface area contributed by atoms with Crippen LogP contribution in [-0.4, -0.2) is 18.5 Å². The van der Waals surface area contributed by atoms with Gasteiger partial charge in [0.25, 0.3) is 5.91 Å². The fourth-order valence-corrected chi connectivity index (χ4v) is 2.30. The smallest absolute Gasteiger partial charge is 0.310 e. The van der Waals surface area contributed by atoms with E-state index in [4.69, 9.17) is 4.74 Å². The minimum absolute atomic E-state index is 0.143. The first-order valence-electron chi connectivity index (χ1n) is 7.22. The molecule has 0 aliphatic rings. The summed E-state index contributed by atoms with van der Waals surface area (Å²) >= 11 is 3.33. The first-order valence-corrected chi connectivity index (χ1v) is 8.01.